The summed E-state index contributed by atoms with van der Waals surface area (Å²) in [5.74, 6) is -0.337. The van der Waals surface area contributed by atoms with Gasteiger partial charge in [-0.15, -0.1) is 0 Å². The molecule has 0 radical (unpaired) electrons. The second kappa shape index (κ2) is 11.1. The Hall–Kier alpha value is -3.40. The van der Waals surface area contributed by atoms with E-state index in [1.807, 2.05) is 36.4 Å². The first-order valence-electron chi connectivity index (χ1n) is 12.5. The van der Waals surface area contributed by atoms with Gasteiger partial charge in [0.15, 0.2) is 6.10 Å². The monoisotopic (exact) mass is 553 g/mol. The standard InChI is InChI=1S/C28H28ClN3O5S/c29-22-10-12-23(13-11-22)38(35,36)31-16-14-21(15-17-31)28(34)32-19-26(37-25-9-5-4-8-24(25)32)27(33)30-18-20-6-2-1-3-7-20/h1-13,21,26H,14-19H2,(H,30,33)/t26-/m0/s1. The highest BCUT2D eigenvalue weighted by Crippen LogP contribution is 2.36. The highest BCUT2D eigenvalue weighted by molar-refractivity contribution is 7.89. The predicted molar refractivity (Wildman–Crippen MR) is 144 cm³/mol. The number of hydrogen-bond donors (Lipinski definition) is 1. The molecule has 2 aliphatic rings. The summed E-state index contributed by atoms with van der Waals surface area (Å²) in [4.78, 5) is 28.5. The fraction of sp³-hybridized carbons (Fsp3) is 0.286. The Bertz CT molecular complexity index is 1410. The van der Waals surface area contributed by atoms with Crippen LogP contribution in [0, 0.1) is 5.92 Å². The lowest BCUT2D eigenvalue weighted by atomic mass is 9.95. The van der Waals surface area contributed by atoms with E-state index in [-0.39, 0.29) is 42.3 Å². The van der Waals surface area contributed by atoms with Crippen molar-refractivity contribution in [3.63, 3.8) is 0 Å². The van der Waals surface area contributed by atoms with Gasteiger partial charge in [0, 0.05) is 30.6 Å². The molecule has 3 aromatic carbocycles. The van der Waals surface area contributed by atoms with Crippen LogP contribution in [0.3, 0.4) is 0 Å². The van der Waals surface area contributed by atoms with E-state index in [1.165, 1.54) is 16.4 Å². The van der Waals surface area contributed by atoms with E-state index in [0.717, 1.165) is 5.56 Å². The second-order valence-electron chi connectivity index (χ2n) is 9.36. The van der Waals surface area contributed by atoms with Crippen LogP contribution in [0.25, 0.3) is 0 Å². The molecule has 0 aromatic heterocycles. The van der Waals surface area contributed by atoms with Gasteiger partial charge in [-0.05, 0) is 54.8 Å². The number of amides is 2. The van der Waals surface area contributed by atoms with E-state index < -0.39 is 16.1 Å². The van der Waals surface area contributed by atoms with Crippen LogP contribution in [0.5, 0.6) is 5.75 Å². The van der Waals surface area contributed by atoms with Crippen molar-refractivity contribution in [1.82, 2.24) is 9.62 Å². The van der Waals surface area contributed by atoms with Crippen LogP contribution in [0.1, 0.15) is 18.4 Å². The second-order valence-corrected chi connectivity index (χ2v) is 11.7. The van der Waals surface area contributed by atoms with Crippen molar-refractivity contribution in [2.24, 2.45) is 5.92 Å². The number of para-hydroxylation sites is 2. The molecule has 8 nitrogen and oxygen atoms in total. The predicted octanol–water partition coefficient (Wildman–Crippen LogP) is 3.85. The van der Waals surface area contributed by atoms with Crippen LogP contribution in [0.2, 0.25) is 5.02 Å². The van der Waals surface area contributed by atoms with Crippen molar-refractivity contribution in [3.8, 4) is 5.75 Å². The number of hydrogen-bond acceptors (Lipinski definition) is 5. The molecule has 0 bridgehead atoms. The molecule has 0 aliphatic carbocycles. The largest absolute Gasteiger partial charge is 0.477 e. The molecule has 0 spiro atoms. The number of rotatable bonds is 6. The van der Waals surface area contributed by atoms with Crippen LogP contribution in [-0.4, -0.2) is 50.3 Å². The molecule has 3 aromatic rings. The minimum absolute atomic E-state index is 0.0831. The van der Waals surface area contributed by atoms with Crippen LogP contribution < -0.4 is 15.0 Å². The minimum Gasteiger partial charge on any atom is -0.477 e. The van der Waals surface area contributed by atoms with E-state index in [2.05, 4.69) is 5.32 Å². The number of nitrogens with zero attached hydrogens (tertiary/aromatic N) is 2. The summed E-state index contributed by atoms with van der Waals surface area (Å²) < 4.78 is 33.5. The molecule has 0 unspecified atom stereocenters. The van der Waals surface area contributed by atoms with E-state index in [0.29, 0.717) is 35.8 Å². The molecule has 5 rings (SSSR count). The SMILES string of the molecule is O=C(NCc1ccccc1)[C@@H]1CN(C(=O)C2CCN(S(=O)(=O)c3ccc(Cl)cc3)CC2)c2ccccc2O1. The molecular weight excluding hydrogens is 526 g/mol. The molecule has 1 saturated heterocycles. The number of ether oxygens (including phenoxy) is 1. The summed E-state index contributed by atoms with van der Waals surface area (Å²) in [5, 5.41) is 3.36. The topological polar surface area (TPSA) is 96.0 Å². The molecule has 2 heterocycles. The van der Waals surface area contributed by atoms with Crippen molar-refractivity contribution >= 4 is 39.1 Å². The molecule has 2 aliphatic heterocycles. The van der Waals surface area contributed by atoms with Crippen molar-refractivity contribution in [1.29, 1.82) is 0 Å². The van der Waals surface area contributed by atoms with Gasteiger partial charge in [-0.3, -0.25) is 9.59 Å². The van der Waals surface area contributed by atoms with Gasteiger partial charge < -0.3 is 15.0 Å². The summed E-state index contributed by atoms with van der Waals surface area (Å²) >= 11 is 5.90. The number of piperidine rings is 1. The molecule has 1 atom stereocenters. The average molecular weight is 554 g/mol. The lowest BCUT2D eigenvalue weighted by molar-refractivity contribution is -0.129. The molecule has 2 amide bonds. The van der Waals surface area contributed by atoms with Crippen molar-refractivity contribution in [2.75, 3.05) is 24.5 Å². The molecule has 198 valence electrons. The highest BCUT2D eigenvalue weighted by atomic mass is 35.5. The Kier molecular flexibility index (Phi) is 7.69. The summed E-state index contributed by atoms with van der Waals surface area (Å²) in [7, 11) is -3.67. The number of anilines is 1. The number of halogens is 1. The summed E-state index contributed by atoms with van der Waals surface area (Å²) in [5.41, 5.74) is 1.58. The zero-order chi connectivity index (χ0) is 26.7. The maximum atomic E-state index is 13.7. The summed E-state index contributed by atoms with van der Waals surface area (Å²) in [6.45, 7) is 0.901. The van der Waals surface area contributed by atoms with E-state index in [1.54, 1.807) is 35.2 Å². The summed E-state index contributed by atoms with van der Waals surface area (Å²) in [6.07, 6.45) is -0.0885. The van der Waals surface area contributed by atoms with Gasteiger partial charge in [0.05, 0.1) is 17.1 Å². The molecule has 0 saturated carbocycles. The van der Waals surface area contributed by atoms with Gasteiger partial charge in [0.1, 0.15) is 5.75 Å². The van der Waals surface area contributed by atoms with E-state index >= 15 is 0 Å². The lowest BCUT2D eigenvalue weighted by Crippen LogP contribution is -2.53. The van der Waals surface area contributed by atoms with Crippen molar-refractivity contribution in [2.45, 2.75) is 30.4 Å². The van der Waals surface area contributed by atoms with Crippen LogP contribution in [-0.2, 0) is 26.2 Å². The number of sulfonamides is 1. The number of carbonyl (C=O) groups is 2. The normalized spacial score (nSPS) is 18.3. The maximum absolute atomic E-state index is 13.7. The molecule has 10 heteroatoms. The van der Waals surface area contributed by atoms with Gasteiger partial charge in [0.2, 0.25) is 15.9 Å². The van der Waals surface area contributed by atoms with Crippen molar-refractivity contribution in [3.05, 3.63) is 89.4 Å². The third-order valence-corrected chi connectivity index (χ3v) is 9.06. The zero-order valence-corrected chi connectivity index (χ0v) is 22.2. The van der Waals surface area contributed by atoms with E-state index in [9.17, 15) is 18.0 Å². The quantitative estimate of drug-likeness (QED) is 0.500. The van der Waals surface area contributed by atoms with Crippen molar-refractivity contribution < 1.29 is 22.7 Å². The minimum atomic E-state index is -3.67. The van der Waals surface area contributed by atoms with Crippen LogP contribution in [0.15, 0.2) is 83.8 Å². The Labute approximate surface area is 227 Å². The molecule has 1 fully saturated rings. The Morgan fingerprint density at radius 2 is 1.58 bits per heavy atom. The Balaban J connectivity index is 1.26. The first-order valence-corrected chi connectivity index (χ1v) is 14.3. The van der Waals surface area contributed by atoms with Crippen LogP contribution >= 0.6 is 11.6 Å². The maximum Gasteiger partial charge on any atom is 0.263 e. The Morgan fingerprint density at radius 1 is 0.921 bits per heavy atom. The fourth-order valence-electron chi connectivity index (χ4n) is 4.80. The first kappa shape index (κ1) is 26.2. The third kappa shape index (κ3) is 5.55. The fourth-order valence-corrected chi connectivity index (χ4v) is 6.39. The number of nitrogens with one attached hydrogen (secondary N) is 1. The van der Waals surface area contributed by atoms with E-state index in [4.69, 9.17) is 16.3 Å². The number of benzene rings is 3. The molecular formula is C28H28ClN3O5S. The van der Waals surface area contributed by atoms with Gasteiger partial charge in [-0.25, -0.2) is 8.42 Å². The van der Waals surface area contributed by atoms with Gasteiger partial charge >= 0.3 is 0 Å². The highest BCUT2D eigenvalue weighted by Gasteiger charge is 2.39. The average Bonchev–Trinajstić information content (AvgIpc) is 2.95. The zero-order valence-electron chi connectivity index (χ0n) is 20.6. The lowest BCUT2D eigenvalue weighted by Gasteiger charge is -2.38. The number of fused-ring (bicyclic) bond motifs is 1. The molecule has 1 N–H and O–H groups in total. The van der Waals surface area contributed by atoms with Gasteiger partial charge in [-0.1, -0.05) is 54.1 Å². The third-order valence-electron chi connectivity index (χ3n) is 6.90. The first-order chi connectivity index (χ1) is 18.3. The van der Waals surface area contributed by atoms with Gasteiger partial charge in [-0.2, -0.15) is 4.31 Å². The Morgan fingerprint density at radius 3 is 2.29 bits per heavy atom. The smallest absolute Gasteiger partial charge is 0.263 e. The molecule has 38 heavy (non-hydrogen) atoms. The number of carbonyl (C=O) groups excluding carboxylic acids is 2. The summed E-state index contributed by atoms with van der Waals surface area (Å²) in [6, 6.07) is 22.8. The van der Waals surface area contributed by atoms with Crippen LogP contribution in [0.4, 0.5) is 5.69 Å². The van der Waals surface area contributed by atoms with Gasteiger partial charge in [0.25, 0.3) is 5.91 Å².